The molecule has 1 amide bonds. The maximum atomic E-state index is 12.6. The third kappa shape index (κ3) is 3.65. The Labute approximate surface area is 167 Å². The van der Waals surface area contributed by atoms with Crippen molar-refractivity contribution in [2.45, 2.75) is 39.0 Å². The molecule has 8 nitrogen and oxygen atoms in total. The number of para-hydroxylation sites is 1. The molecule has 0 unspecified atom stereocenters. The smallest absolute Gasteiger partial charge is 0.264 e. The van der Waals surface area contributed by atoms with Gasteiger partial charge in [0.05, 0.1) is 12.3 Å². The minimum Gasteiger partial charge on any atom is -0.493 e. The Hall–Kier alpha value is -3.42. The number of rotatable bonds is 6. The fourth-order valence-corrected chi connectivity index (χ4v) is 3.66. The van der Waals surface area contributed by atoms with E-state index in [1.54, 1.807) is 10.7 Å². The molecule has 0 bridgehead atoms. The van der Waals surface area contributed by atoms with E-state index in [0.717, 1.165) is 35.4 Å². The van der Waals surface area contributed by atoms with Crippen LogP contribution in [0.4, 0.5) is 5.82 Å². The summed E-state index contributed by atoms with van der Waals surface area (Å²) in [5.41, 5.74) is 2.40. The first-order valence-corrected chi connectivity index (χ1v) is 9.75. The van der Waals surface area contributed by atoms with Gasteiger partial charge in [-0.15, -0.1) is 0 Å². The van der Waals surface area contributed by atoms with Crippen molar-refractivity contribution in [3.05, 3.63) is 63.6 Å². The van der Waals surface area contributed by atoms with Crippen molar-refractivity contribution < 1.29 is 9.53 Å². The Kier molecular flexibility index (Phi) is 5.16. The van der Waals surface area contributed by atoms with Crippen LogP contribution in [-0.4, -0.2) is 32.5 Å². The molecule has 1 aromatic carbocycles. The predicted molar refractivity (Wildman–Crippen MR) is 109 cm³/mol. The van der Waals surface area contributed by atoms with E-state index in [9.17, 15) is 9.59 Å². The maximum Gasteiger partial charge on any atom is 0.264 e. The molecule has 0 aliphatic carbocycles. The third-order valence-corrected chi connectivity index (χ3v) is 5.03. The molecular weight excluding hydrogens is 370 g/mol. The molecule has 1 aliphatic heterocycles. The van der Waals surface area contributed by atoms with Gasteiger partial charge in [0, 0.05) is 29.5 Å². The van der Waals surface area contributed by atoms with Gasteiger partial charge in [0.2, 0.25) is 5.91 Å². The van der Waals surface area contributed by atoms with Gasteiger partial charge in [-0.05, 0) is 25.5 Å². The second-order valence-electron chi connectivity index (χ2n) is 7.08. The number of amides is 1. The quantitative estimate of drug-likeness (QED) is 0.627. The first kappa shape index (κ1) is 18.9. The van der Waals surface area contributed by atoms with E-state index < -0.39 is 0 Å². The summed E-state index contributed by atoms with van der Waals surface area (Å²) in [6, 6.07) is 10.8. The van der Waals surface area contributed by atoms with Crippen molar-refractivity contribution in [2.24, 2.45) is 0 Å². The van der Waals surface area contributed by atoms with Crippen LogP contribution in [0.2, 0.25) is 0 Å². The number of anilines is 1. The Morgan fingerprint density at radius 1 is 1.21 bits per heavy atom. The molecular formula is C21H23N5O3. The van der Waals surface area contributed by atoms with E-state index in [4.69, 9.17) is 4.74 Å². The molecule has 2 N–H and O–H groups in total. The number of nitrogens with one attached hydrogen (secondary N) is 2. The lowest BCUT2D eigenvalue weighted by Crippen LogP contribution is -2.25. The Bertz CT molecular complexity index is 1080. The molecule has 0 radical (unpaired) electrons. The Morgan fingerprint density at radius 2 is 2.03 bits per heavy atom. The number of hydrogen-bond donors (Lipinski definition) is 2. The highest BCUT2D eigenvalue weighted by molar-refractivity contribution is 5.95. The second kappa shape index (κ2) is 7.90. The number of aromatic nitrogens is 4. The average molecular weight is 393 g/mol. The number of ether oxygens (including phenoxy) is 1. The molecule has 0 saturated carbocycles. The highest BCUT2D eigenvalue weighted by atomic mass is 16.5. The van der Waals surface area contributed by atoms with Crippen molar-refractivity contribution in [1.29, 1.82) is 0 Å². The monoisotopic (exact) mass is 393 g/mol. The molecule has 0 saturated heterocycles. The Balaban J connectivity index is 1.79. The summed E-state index contributed by atoms with van der Waals surface area (Å²) in [7, 11) is 0. The summed E-state index contributed by atoms with van der Waals surface area (Å²) >= 11 is 0. The largest absolute Gasteiger partial charge is 0.493 e. The number of aryl methyl sites for hydroxylation is 1. The SMILES string of the molecule is CCCCOc1ccccc1[C@H]1CC(=O)Nc2c1c(C)nn2-c1ccc(=O)[nH]n1. The standard InChI is InChI=1S/C21H23N5O3/c1-3-4-11-29-16-8-6-5-7-14(16)15-12-19(28)22-21-20(15)13(2)25-26(21)17-9-10-18(27)24-23-17/h5-10,15H,3-4,11-12H2,1-2H3,(H,22,28)(H,24,27)/t15-/m1/s1. The zero-order valence-corrected chi connectivity index (χ0v) is 16.4. The normalized spacial score (nSPS) is 15.7. The number of H-pyrrole nitrogens is 1. The molecule has 1 atom stereocenters. The lowest BCUT2D eigenvalue weighted by molar-refractivity contribution is -0.116. The number of benzene rings is 1. The van der Waals surface area contributed by atoms with Crippen LogP contribution in [-0.2, 0) is 4.79 Å². The fourth-order valence-electron chi connectivity index (χ4n) is 3.66. The van der Waals surface area contributed by atoms with Crippen LogP contribution in [0.3, 0.4) is 0 Å². The average Bonchev–Trinajstić information content (AvgIpc) is 3.05. The first-order valence-electron chi connectivity index (χ1n) is 9.75. The highest BCUT2D eigenvalue weighted by Gasteiger charge is 2.34. The van der Waals surface area contributed by atoms with Crippen LogP contribution in [0.5, 0.6) is 5.75 Å². The molecule has 4 rings (SSSR count). The van der Waals surface area contributed by atoms with Gasteiger partial charge in [0.15, 0.2) is 5.82 Å². The van der Waals surface area contributed by atoms with Gasteiger partial charge in [-0.3, -0.25) is 9.59 Å². The third-order valence-electron chi connectivity index (χ3n) is 5.03. The van der Waals surface area contributed by atoms with Gasteiger partial charge in [-0.1, -0.05) is 31.5 Å². The molecule has 8 heteroatoms. The van der Waals surface area contributed by atoms with Gasteiger partial charge in [0.1, 0.15) is 11.6 Å². The molecule has 3 heterocycles. The molecule has 29 heavy (non-hydrogen) atoms. The van der Waals surface area contributed by atoms with Crippen molar-refractivity contribution in [3.63, 3.8) is 0 Å². The van der Waals surface area contributed by atoms with Crippen LogP contribution < -0.4 is 15.6 Å². The molecule has 2 aromatic heterocycles. The van der Waals surface area contributed by atoms with Crippen LogP contribution in [0.15, 0.2) is 41.2 Å². The van der Waals surface area contributed by atoms with E-state index >= 15 is 0 Å². The van der Waals surface area contributed by atoms with E-state index in [1.807, 2.05) is 31.2 Å². The summed E-state index contributed by atoms with van der Waals surface area (Å²) in [6.45, 7) is 4.67. The minimum absolute atomic E-state index is 0.101. The van der Waals surface area contributed by atoms with Crippen molar-refractivity contribution >= 4 is 11.7 Å². The summed E-state index contributed by atoms with van der Waals surface area (Å²) in [5, 5.41) is 14.0. The lowest BCUT2D eigenvalue weighted by Gasteiger charge is -2.25. The Morgan fingerprint density at radius 3 is 2.79 bits per heavy atom. The predicted octanol–water partition coefficient (Wildman–Crippen LogP) is 2.92. The number of hydrogen-bond acceptors (Lipinski definition) is 5. The molecule has 1 aliphatic rings. The number of carbonyl (C=O) groups is 1. The fraction of sp³-hybridized carbons (Fsp3) is 0.333. The first-order chi connectivity index (χ1) is 14.1. The van der Waals surface area contributed by atoms with Crippen LogP contribution >= 0.6 is 0 Å². The van der Waals surface area contributed by atoms with Gasteiger partial charge in [-0.2, -0.15) is 14.9 Å². The van der Waals surface area contributed by atoms with E-state index in [1.165, 1.54) is 6.07 Å². The zero-order valence-electron chi connectivity index (χ0n) is 16.4. The van der Waals surface area contributed by atoms with Gasteiger partial charge < -0.3 is 10.1 Å². The molecule has 0 spiro atoms. The molecule has 150 valence electrons. The van der Waals surface area contributed by atoms with E-state index in [2.05, 4.69) is 27.5 Å². The summed E-state index contributed by atoms with van der Waals surface area (Å²) in [6.07, 6.45) is 2.34. The highest BCUT2D eigenvalue weighted by Crippen LogP contribution is 2.42. The van der Waals surface area contributed by atoms with Crippen molar-refractivity contribution in [2.75, 3.05) is 11.9 Å². The minimum atomic E-state index is -0.299. The van der Waals surface area contributed by atoms with Crippen LogP contribution in [0.1, 0.15) is 48.9 Å². The van der Waals surface area contributed by atoms with Gasteiger partial charge >= 0.3 is 0 Å². The van der Waals surface area contributed by atoms with E-state index in [0.29, 0.717) is 24.7 Å². The summed E-state index contributed by atoms with van der Waals surface area (Å²) in [5.74, 6) is 1.53. The van der Waals surface area contributed by atoms with Crippen LogP contribution in [0.25, 0.3) is 5.82 Å². The number of unbranched alkanes of at least 4 members (excludes halogenated alkanes) is 1. The number of nitrogens with zero attached hydrogens (tertiary/aromatic N) is 3. The van der Waals surface area contributed by atoms with E-state index in [-0.39, 0.29) is 17.4 Å². The topological polar surface area (TPSA) is 102 Å². The summed E-state index contributed by atoms with van der Waals surface area (Å²) < 4.78 is 7.58. The number of carbonyl (C=O) groups excluding carboxylic acids is 1. The maximum absolute atomic E-state index is 12.6. The summed E-state index contributed by atoms with van der Waals surface area (Å²) in [4.78, 5) is 23.9. The lowest BCUT2D eigenvalue weighted by atomic mass is 9.85. The molecule has 0 fully saturated rings. The number of aromatic amines is 1. The molecule has 3 aromatic rings. The zero-order chi connectivity index (χ0) is 20.4. The number of fused-ring (bicyclic) bond motifs is 1. The van der Waals surface area contributed by atoms with Crippen molar-refractivity contribution in [3.8, 4) is 11.6 Å². The second-order valence-corrected chi connectivity index (χ2v) is 7.08. The van der Waals surface area contributed by atoms with Gasteiger partial charge in [0.25, 0.3) is 5.56 Å². The van der Waals surface area contributed by atoms with Crippen molar-refractivity contribution in [1.82, 2.24) is 20.0 Å². The van der Waals surface area contributed by atoms with Crippen LogP contribution in [0, 0.1) is 6.92 Å². The van der Waals surface area contributed by atoms with Gasteiger partial charge in [-0.25, -0.2) is 5.10 Å².